The molecule has 5 nitrogen and oxygen atoms in total. The Morgan fingerprint density at radius 1 is 1.62 bits per heavy atom. The van der Waals surface area contributed by atoms with Gasteiger partial charge in [-0.25, -0.2) is 4.79 Å². The third-order valence-electron chi connectivity index (χ3n) is 1.70. The maximum atomic E-state index is 10.7. The maximum absolute atomic E-state index is 10.7. The van der Waals surface area contributed by atoms with Gasteiger partial charge in [-0.1, -0.05) is 5.16 Å². The molecule has 0 radical (unpaired) electrons. The van der Waals surface area contributed by atoms with Crippen molar-refractivity contribution in [3.63, 3.8) is 0 Å². The van der Waals surface area contributed by atoms with Crippen LogP contribution in [0, 0.1) is 0 Å². The molecule has 2 heterocycles. The molecule has 2 aromatic rings. The van der Waals surface area contributed by atoms with Crippen molar-refractivity contribution in [3.05, 3.63) is 30.4 Å². The number of hydrogen-bond acceptors (Lipinski definition) is 3. The molecule has 0 aliphatic rings. The fraction of sp³-hybridized carbons (Fsp3) is 0. The lowest BCUT2D eigenvalue weighted by molar-refractivity contribution is 0.0692. The third-order valence-corrected chi connectivity index (χ3v) is 1.70. The predicted molar refractivity (Wildman–Crippen MR) is 43.2 cm³/mol. The van der Waals surface area contributed by atoms with Gasteiger partial charge in [0.1, 0.15) is 12.0 Å². The molecule has 0 aliphatic carbocycles. The van der Waals surface area contributed by atoms with Crippen LogP contribution in [0.3, 0.4) is 0 Å². The van der Waals surface area contributed by atoms with Gasteiger partial charge >= 0.3 is 5.97 Å². The molecule has 13 heavy (non-hydrogen) atoms. The van der Waals surface area contributed by atoms with Gasteiger partial charge in [-0.2, -0.15) is 0 Å². The van der Waals surface area contributed by atoms with Crippen LogP contribution in [0.15, 0.2) is 29.2 Å². The molecule has 0 spiro atoms. The van der Waals surface area contributed by atoms with E-state index >= 15 is 0 Å². The number of carboxylic acids is 1. The van der Waals surface area contributed by atoms with E-state index in [-0.39, 0.29) is 5.69 Å². The summed E-state index contributed by atoms with van der Waals surface area (Å²) in [4.78, 5) is 13.3. The van der Waals surface area contributed by atoms with Gasteiger partial charge in [-0.3, -0.25) is 0 Å². The fourth-order valence-electron chi connectivity index (χ4n) is 1.12. The van der Waals surface area contributed by atoms with Crippen LogP contribution in [0.2, 0.25) is 0 Å². The van der Waals surface area contributed by atoms with Crippen molar-refractivity contribution in [3.8, 4) is 11.1 Å². The quantitative estimate of drug-likeness (QED) is 0.727. The SMILES string of the molecule is O=C(O)c1[nH]ccc1-c1cnoc1. The van der Waals surface area contributed by atoms with E-state index in [0.717, 1.165) is 0 Å². The lowest BCUT2D eigenvalue weighted by Gasteiger charge is -1.93. The highest BCUT2D eigenvalue weighted by atomic mass is 16.5. The smallest absolute Gasteiger partial charge is 0.352 e. The number of hydrogen-bond donors (Lipinski definition) is 2. The zero-order chi connectivity index (χ0) is 9.26. The minimum absolute atomic E-state index is 0.142. The van der Waals surface area contributed by atoms with Crippen molar-refractivity contribution in [1.29, 1.82) is 0 Å². The number of aromatic nitrogens is 2. The van der Waals surface area contributed by atoms with Crippen molar-refractivity contribution in [2.24, 2.45) is 0 Å². The lowest BCUT2D eigenvalue weighted by Crippen LogP contribution is -1.97. The summed E-state index contributed by atoms with van der Waals surface area (Å²) in [7, 11) is 0. The van der Waals surface area contributed by atoms with Crippen LogP contribution < -0.4 is 0 Å². The van der Waals surface area contributed by atoms with Crippen molar-refractivity contribution in [2.45, 2.75) is 0 Å². The van der Waals surface area contributed by atoms with Gasteiger partial charge in [0.15, 0.2) is 0 Å². The second-order valence-corrected chi connectivity index (χ2v) is 2.48. The summed E-state index contributed by atoms with van der Waals surface area (Å²) in [5.41, 5.74) is 1.37. The Labute approximate surface area is 73.0 Å². The molecule has 0 fully saturated rings. The number of H-pyrrole nitrogens is 1. The van der Waals surface area contributed by atoms with Gasteiger partial charge < -0.3 is 14.6 Å². The Morgan fingerprint density at radius 3 is 3.08 bits per heavy atom. The highest BCUT2D eigenvalue weighted by Crippen LogP contribution is 2.21. The Kier molecular flexibility index (Phi) is 1.63. The normalized spacial score (nSPS) is 10.2. The number of carbonyl (C=O) groups is 1. The largest absolute Gasteiger partial charge is 0.477 e. The van der Waals surface area contributed by atoms with Gasteiger partial charge in [0.2, 0.25) is 0 Å². The Hall–Kier alpha value is -2.04. The molecule has 66 valence electrons. The summed E-state index contributed by atoms with van der Waals surface area (Å²) in [5, 5.41) is 12.3. The van der Waals surface area contributed by atoms with E-state index in [0.29, 0.717) is 11.1 Å². The summed E-state index contributed by atoms with van der Waals surface area (Å²) < 4.78 is 4.62. The maximum Gasteiger partial charge on any atom is 0.352 e. The first-order valence-corrected chi connectivity index (χ1v) is 3.59. The van der Waals surface area contributed by atoms with Crippen molar-refractivity contribution in [2.75, 3.05) is 0 Å². The molecule has 0 bridgehead atoms. The molecule has 0 saturated heterocycles. The highest BCUT2D eigenvalue weighted by molar-refractivity contribution is 5.93. The molecule has 0 aromatic carbocycles. The van der Waals surface area contributed by atoms with Crippen molar-refractivity contribution < 1.29 is 14.4 Å². The molecule has 0 aliphatic heterocycles. The predicted octanol–water partition coefficient (Wildman–Crippen LogP) is 1.37. The standard InChI is InChI=1S/C8H6N2O3/c11-8(12)7-6(1-2-9-7)5-3-10-13-4-5/h1-4,9H,(H,11,12). The molecule has 0 atom stereocenters. The first kappa shape index (κ1) is 7.60. The van der Waals surface area contributed by atoms with Crippen molar-refractivity contribution in [1.82, 2.24) is 10.1 Å². The number of aromatic carboxylic acids is 1. The first-order valence-electron chi connectivity index (χ1n) is 3.59. The van der Waals surface area contributed by atoms with Crippen LogP contribution >= 0.6 is 0 Å². The molecular formula is C8H6N2O3. The van der Waals surface area contributed by atoms with Crippen LogP contribution in [-0.4, -0.2) is 21.2 Å². The monoisotopic (exact) mass is 178 g/mol. The number of carboxylic acid groups (broad SMARTS) is 1. The molecule has 0 amide bonds. The second kappa shape index (κ2) is 2.78. The van der Waals surface area contributed by atoms with Crippen LogP contribution in [0.25, 0.3) is 11.1 Å². The molecule has 5 heteroatoms. The average molecular weight is 178 g/mol. The fourth-order valence-corrected chi connectivity index (χ4v) is 1.12. The average Bonchev–Trinajstić information content (AvgIpc) is 2.74. The van der Waals surface area contributed by atoms with E-state index in [4.69, 9.17) is 5.11 Å². The van der Waals surface area contributed by atoms with E-state index in [9.17, 15) is 4.79 Å². The van der Waals surface area contributed by atoms with Crippen LogP contribution in [0.5, 0.6) is 0 Å². The number of rotatable bonds is 2. The summed E-state index contributed by atoms with van der Waals surface area (Å²) in [5.74, 6) is -0.999. The zero-order valence-corrected chi connectivity index (χ0v) is 6.52. The third kappa shape index (κ3) is 1.20. The van der Waals surface area contributed by atoms with Crippen molar-refractivity contribution >= 4 is 5.97 Å². The van der Waals surface area contributed by atoms with Gasteiger partial charge in [0.25, 0.3) is 0 Å². The summed E-state index contributed by atoms with van der Waals surface area (Å²) in [6.45, 7) is 0. The first-order chi connectivity index (χ1) is 6.29. The topological polar surface area (TPSA) is 79.1 Å². The molecule has 2 N–H and O–H groups in total. The van der Waals surface area contributed by atoms with E-state index in [1.54, 1.807) is 12.3 Å². The number of nitrogens with one attached hydrogen (secondary N) is 1. The molecule has 0 saturated carbocycles. The molecule has 2 rings (SSSR count). The molecular weight excluding hydrogens is 172 g/mol. The molecule has 0 unspecified atom stereocenters. The molecule has 2 aromatic heterocycles. The summed E-state index contributed by atoms with van der Waals surface area (Å²) in [6.07, 6.45) is 4.43. The Morgan fingerprint density at radius 2 is 2.46 bits per heavy atom. The van der Waals surface area contributed by atoms with E-state index < -0.39 is 5.97 Å². The summed E-state index contributed by atoms with van der Waals surface area (Å²) >= 11 is 0. The van der Waals surface area contributed by atoms with E-state index in [2.05, 4.69) is 14.7 Å². The van der Waals surface area contributed by atoms with Crippen LogP contribution in [-0.2, 0) is 0 Å². The van der Waals surface area contributed by atoms with Gasteiger partial charge in [-0.05, 0) is 6.07 Å². The summed E-state index contributed by atoms with van der Waals surface area (Å²) in [6, 6.07) is 1.66. The Bertz CT molecular complexity index is 416. The number of nitrogens with zero attached hydrogens (tertiary/aromatic N) is 1. The minimum Gasteiger partial charge on any atom is -0.477 e. The highest BCUT2D eigenvalue weighted by Gasteiger charge is 2.13. The number of aromatic amines is 1. The van der Waals surface area contributed by atoms with Gasteiger partial charge in [-0.15, -0.1) is 0 Å². The van der Waals surface area contributed by atoms with E-state index in [1.807, 2.05) is 0 Å². The van der Waals surface area contributed by atoms with Crippen LogP contribution in [0.4, 0.5) is 0 Å². The minimum atomic E-state index is -0.999. The lowest BCUT2D eigenvalue weighted by atomic mass is 10.1. The van der Waals surface area contributed by atoms with E-state index in [1.165, 1.54) is 12.5 Å². The Balaban J connectivity index is 2.52. The van der Waals surface area contributed by atoms with Crippen LogP contribution in [0.1, 0.15) is 10.5 Å². The zero-order valence-electron chi connectivity index (χ0n) is 6.52. The second-order valence-electron chi connectivity index (χ2n) is 2.48. The van der Waals surface area contributed by atoms with Gasteiger partial charge in [0, 0.05) is 17.3 Å². The van der Waals surface area contributed by atoms with Gasteiger partial charge in [0.05, 0.1) is 6.20 Å².